The van der Waals surface area contributed by atoms with Crippen LogP contribution < -0.4 is 0 Å². The molecule has 0 spiro atoms. The van der Waals surface area contributed by atoms with E-state index < -0.39 is 0 Å². The Balaban J connectivity index is 1.82. The normalized spacial score (nSPS) is 32.1. The average molecular weight is 204 g/mol. The van der Waals surface area contributed by atoms with Gasteiger partial charge >= 0.3 is 0 Å². The summed E-state index contributed by atoms with van der Waals surface area (Å²) in [6.07, 6.45) is 14.6. The summed E-state index contributed by atoms with van der Waals surface area (Å²) in [6.45, 7) is 4.65. The Bertz CT molecular complexity index is 262. The summed E-state index contributed by atoms with van der Waals surface area (Å²) in [4.78, 5) is 0. The highest BCUT2D eigenvalue weighted by Crippen LogP contribution is 2.34. The second kappa shape index (κ2) is 5.01. The second-order valence-electron chi connectivity index (χ2n) is 5.67. The number of rotatable bonds is 2. The zero-order valence-corrected chi connectivity index (χ0v) is 10.3. The first-order valence-electron chi connectivity index (χ1n) is 6.59. The third kappa shape index (κ3) is 3.22. The van der Waals surface area contributed by atoms with E-state index in [-0.39, 0.29) is 0 Å². The molecule has 0 nitrogen and oxygen atoms in total. The van der Waals surface area contributed by atoms with Crippen LogP contribution in [0.2, 0.25) is 0 Å². The minimum absolute atomic E-state index is 0.990. The molecule has 0 bridgehead atoms. The third-order valence-electron chi connectivity index (χ3n) is 4.13. The van der Waals surface area contributed by atoms with E-state index in [4.69, 9.17) is 0 Å². The van der Waals surface area contributed by atoms with Crippen LogP contribution in [0.5, 0.6) is 0 Å². The Morgan fingerprint density at radius 2 is 1.80 bits per heavy atom. The maximum atomic E-state index is 2.40. The van der Waals surface area contributed by atoms with Crippen molar-refractivity contribution in [1.82, 2.24) is 0 Å². The molecule has 0 aromatic carbocycles. The highest BCUT2D eigenvalue weighted by Gasteiger charge is 2.19. The third-order valence-corrected chi connectivity index (χ3v) is 4.13. The lowest BCUT2D eigenvalue weighted by Gasteiger charge is -2.27. The molecule has 0 aliphatic heterocycles. The molecule has 0 N–H and O–H groups in total. The molecule has 84 valence electrons. The van der Waals surface area contributed by atoms with Gasteiger partial charge in [-0.3, -0.25) is 0 Å². The summed E-state index contributed by atoms with van der Waals surface area (Å²) in [5.41, 5.74) is 3.26. The van der Waals surface area contributed by atoms with Gasteiger partial charge in [0, 0.05) is 0 Å². The van der Waals surface area contributed by atoms with Gasteiger partial charge in [0.05, 0.1) is 0 Å². The quantitative estimate of drug-likeness (QED) is 0.602. The van der Waals surface area contributed by atoms with Crippen molar-refractivity contribution < 1.29 is 0 Å². The maximum absolute atomic E-state index is 2.40. The Morgan fingerprint density at radius 3 is 2.40 bits per heavy atom. The van der Waals surface area contributed by atoms with E-state index in [9.17, 15) is 0 Å². The summed E-state index contributed by atoms with van der Waals surface area (Å²) in [5.74, 6) is 1.99. The summed E-state index contributed by atoms with van der Waals surface area (Å²) in [5, 5.41) is 0. The van der Waals surface area contributed by atoms with Gasteiger partial charge in [-0.15, -0.1) is 0 Å². The molecule has 2 rings (SSSR count). The van der Waals surface area contributed by atoms with E-state index in [2.05, 4.69) is 26.0 Å². The highest BCUT2D eigenvalue weighted by atomic mass is 14.2. The van der Waals surface area contributed by atoms with Crippen molar-refractivity contribution in [2.24, 2.45) is 11.8 Å². The van der Waals surface area contributed by atoms with Crippen LogP contribution in [0.3, 0.4) is 0 Å². The molecule has 0 radical (unpaired) electrons. The van der Waals surface area contributed by atoms with Crippen molar-refractivity contribution in [2.45, 2.75) is 58.8 Å². The summed E-state index contributed by atoms with van der Waals surface area (Å²) in [7, 11) is 0. The lowest BCUT2D eigenvalue weighted by atomic mass is 9.79. The Labute approximate surface area is 94.5 Å². The lowest BCUT2D eigenvalue weighted by molar-refractivity contribution is 0.287. The minimum atomic E-state index is 0.990. The minimum Gasteiger partial charge on any atom is -0.0730 e. The van der Waals surface area contributed by atoms with Crippen molar-refractivity contribution in [1.29, 1.82) is 0 Å². The van der Waals surface area contributed by atoms with Gasteiger partial charge in [0.1, 0.15) is 0 Å². The monoisotopic (exact) mass is 204 g/mol. The molecular formula is C15H24. The van der Waals surface area contributed by atoms with Gasteiger partial charge < -0.3 is 0 Å². The van der Waals surface area contributed by atoms with Gasteiger partial charge in [-0.25, -0.2) is 0 Å². The molecule has 0 unspecified atom stereocenters. The first-order valence-corrected chi connectivity index (χ1v) is 6.59. The molecule has 1 saturated carbocycles. The molecule has 15 heavy (non-hydrogen) atoms. The maximum Gasteiger partial charge on any atom is -0.0280 e. The van der Waals surface area contributed by atoms with Gasteiger partial charge in [0.15, 0.2) is 0 Å². The number of hydrogen-bond donors (Lipinski definition) is 0. The number of allylic oxidation sites excluding steroid dienone is 4. The first-order chi connectivity index (χ1) is 7.24. The summed E-state index contributed by atoms with van der Waals surface area (Å²) < 4.78 is 0. The van der Waals surface area contributed by atoms with Crippen LogP contribution in [0.1, 0.15) is 58.8 Å². The van der Waals surface area contributed by atoms with Gasteiger partial charge in [-0.1, -0.05) is 43.1 Å². The smallest absolute Gasteiger partial charge is 0.0280 e. The Kier molecular flexibility index (Phi) is 3.66. The largest absolute Gasteiger partial charge is 0.0730 e. The fourth-order valence-electron chi connectivity index (χ4n) is 2.86. The molecular weight excluding hydrogens is 180 g/mol. The van der Waals surface area contributed by atoms with Gasteiger partial charge in [0.2, 0.25) is 0 Å². The predicted molar refractivity (Wildman–Crippen MR) is 66.8 cm³/mol. The molecule has 0 amide bonds. The zero-order valence-electron chi connectivity index (χ0n) is 10.3. The molecule has 2 aliphatic rings. The van der Waals surface area contributed by atoms with E-state index >= 15 is 0 Å². The summed E-state index contributed by atoms with van der Waals surface area (Å²) >= 11 is 0. The predicted octanol–water partition coefficient (Wildman–Crippen LogP) is 4.87. The van der Waals surface area contributed by atoms with Gasteiger partial charge in [-0.2, -0.15) is 0 Å². The SMILES string of the molecule is CC1=CC=C(CC2CCC(C)CC2)CC1. The fraction of sp³-hybridized carbons (Fsp3) is 0.733. The molecule has 0 aromatic rings. The van der Waals surface area contributed by atoms with E-state index in [0.717, 1.165) is 11.8 Å². The lowest BCUT2D eigenvalue weighted by Crippen LogP contribution is -2.13. The fourth-order valence-corrected chi connectivity index (χ4v) is 2.86. The average Bonchev–Trinajstić information content (AvgIpc) is 2.25. The van der Waals surface area contributed by atoms with Crippen LogP contribution >= 0.6 is 0 Å². The molecule has 0 heterocycles. The van der Waals surface area contributed by atoms with Crippen LogP contribution in [0.25, 0.3) is 0 Å². The van der Waals surface area contributed by atoms with Gasteiger partial charge in [0.25, 0.3) is 0 Å². The van der Waals surface area contributed by atoms with E-state index in [1.165, 1.54) is 44.9 Å². The number of hydrogen-bond acceptors (Lipinski definition) is 0. The molecule has 0 atom stereocenters. The van der Waals surface area contributed by atoms with Crippen molar-refractivity contribution in [3.8, 4) is 0 Å². The standard InChI is InChI=1S/C15H24/c1-12-3-7-14(8-4-12)11-15-9-5-13(2)6-10-15/h3,7,13,15H,4-6,8-11H2,1-2H3. The molecule has 0 saturated heterocycles. The van der Waals surface area contributed by atoms with Crippen LogP contribution in [-0.4, -0.2) is 0 Å². The summed E-state index contributed by atoms with van der Waals surface area (Å²) in [6, 6.07) is 0. The van der Waals surface area contributed by atoms with Crippen molar-refractivity contribution in [3.05, 3.63) is 23.3 Å². The molecule has 0 aromatic heterocycles. The van der Waals surface area contributed by atoms with E-state index in [1.54, 1.807) is 11.1 Å². The Hall–Kier alpha value is -0.520. The Morgan fingerprint density at radius 1 is 1.07 bits per heavy atom. The molecule has 1 fully saturated rings. The molecule has 2 aliphatic carbocycles. The van der Waals surface area contributed by atoms with Crippen LogP contribution in [0, 0.1) is 11.8 Å². The van der Waals surface area contributed by atoms with Crippen molar-refractivity contribution >= 4 is 0 Å². The van der Waals surface area contributed by atoms with Gasteiger partial charge in [-0.05, 0) is 50.9 Å². The van der Waals surface area contributed by atoms with Crippen LogP contribution in [0.4, 0.5) is 0 Å². The first kappa shape index (κ1) is 11.0. The zero-order chi connectivity index (χ0) is 10.7. The van der Waals surface area contributed by atoms with Crippen molar-refractivity contribution in [2.75, 3.05) is 0 Å². The molecule has 0 heteroatoms. The van der Waals surface area contributed by atoms with Crippen LogP contribution in [-0.2, 0) is 0 Å². The van der Waals surface area contributed by atoms with E-state index in [0.29, 0.717) is 0 Å². The van der Waals surface area contributed by atoms with Crippen LogP contribution in [0.15, 0.2) is 23.3 Å². The van der Waals surface area contributed by atoms with E-state index in [1.807, 2.05) is 0 Å². The topological polar surface area (TPSA) is 0 Å². The van der Waals surface area contributed by atoms with Crippen molar-refractivity contribution in [3.63, 3.8) is 0 Å². The second-order valence-corrected chi connectivity index (χ2v) is 5.67. The highest BCUT2D eigenvalue weighted by molar-refractivity contribution is 5.22.